The lowest BCUT2D eigenvalue weighted by Gasteiger charge is -2.16. The van der Waals surface area contributed by atoms with Crippen molar-refractivity contribution in [3.63, 3.8) is 0 Å². The fourth-order valence-electron chi connectivity index (χ4n) is 3.17. The van der Waals surface area contributed by atoms with Gasteiger partial charge in [-0.25, -0.2) is 4.68 Å². The van der Waals surface area contributed by atoms with Crippen LogP contribution in [0.15, 0.2) is 42.6 Å². The number of rotatable bonds is 5. The smallest absolute Gasteiger partial charge is 0.204 e. The number of aromatic nitrogens is 7. The van der Waals surface area contributed by atoms with E-state index in [1.165, 1.54) is 4.80 Å². The Bertz CT molecular complexity index is 1300. The molecule has 0 N–H and O–H groups in total. The molecule has 1 aliphatic heterocycles. The molecule has 31 heavy (non-hydrogen) atoms. The van der Waals surface area contributed by atoms with Crippen LogP contribution in [0.5, 0.6) is 5.75 Å². The van der Waals surface area contributed by atoms with E-state index in [9.17, 15) is 0 Å². The number of hydrogen-bond donors (Lipinski definition) is 0. The van der Waals surface area contributed by atoms with Crippen molar-refractivity contribution in [2.45, 2.75) is 13.1 Å². The van der Waals surface area contributed by atoms with Crippen LogP contribution in [0, 0.1) is 0 Å². The largest absolute Gasteiger partial charge is 0.488 e. The number of halogens is 3. The molecule has 8 nitrogen and oxygen atoms in total. The zero-order chi connectivity index (χ0) is 21.4. The Labute approximate surface area is 192 Å². The van der Waals surface area contributed by atoms with Crippen molar-refractivity contribution in [3.8, 4) is 5.75 Å². The van der Waals surface area contributed by atoms with Gasteiger partial charge in [-0.2, -0.15) is 4.80 Å². The minimum absolute atomic E-state index is 0.331. The Morgan fingerprint density at radius 2 is 1.77 bits per heavy atom. The monoisotopic (exact) mass is 473 g/mol. The molecule has 0 saturated heterocycles. The van der Waals surface area contributed by atoms with Crippen LogP contribution in [-0.4, -0.2) is 41.8 Å². The summed E-state index contributed by atoms with van der Waals surface area (Å²) >= 11 is 18.2. The number of nitrogens with zero attached hydrogens (tertiary/aromatic N) is 7. The molecular weight excluding hydrogens is 461 g/mol. The van der Waals surface area contributed by atoms with Crippen LogP contribution < -0.4 is 4.74 Å². The van der Waals surface area contributed by atoms with Gasteiger partial charge in [0.05, 0.1) is 12.7 Å². The molecular formula is C20H14Cl3N7O. The molecule has 0 aliphatic carbocycles. The highest BCUT2D eigenvalue weighted by molar-refractivity contribution is 6.35. The maximum atomic E-state index is 6.23. The van der Waals surface area contributed by atoms with E-state index in [0.29, 0.717) is 46.3 Å². The van der Waals surface area contributed by atoms with Gasteiger partial charge in [-0.1, -0.05) is 46.1 Å². The zero-order valence-electron chi connectivity index (χ0n) is 15.9. The number of ether oxygens (including phenoxy) is 1. The molecule has 0 atom stereocenters. The Kier molecular flexibility index (Phi) is 5.35. The predicted molar refractivity (Wildman–Crippen MR) is 117 cm³/mol. The van der Waals surface area contributed by atoms with E-state index in [-0.39, 0.29) is 0 Å². The molecule has 0 fully saturated rings. The van der Waals surface area contributed by atoms with E-state index in [1.54, 1.807) is 22.9 Å². The zero-order valence-corrected chi connectivity index (χ0v) is 18.2. The second kappa shape index (κ2) is 8.30. The van der Waals surface area contributed by atoms with Gasteiger partial charge >= 0.3 is 0 Å². The van der Waals surface area contributed by atoms with Gasteiger partial charge in [0.1, 0.15) is 24.6 Å². The molecule has 3 heterocycles. The van der Waals surface area contributed by atoms with Gasteiger partial charge in [-0.15, -0.1) is 15.3 Å². The Morgan fingerprint density at radius 1 is 0.935 bits per heavy atom. The third-order valence-electron chi connectivity index (χ3n) is 4.66. The fourth-order valence-corrected chi connectivity index (χ4v) is 3.82. The van der Waals surface area contributed by atoms with E-state index in [2.05, 4.69) is 25.7 Å². The summed E-state index contributed by atoms with van der Waals surface area (Å²) < 4.78 is 7.46. The summed E-state index contributed by atoms with van der Waals surface area (Å²) in [6.45, 7) is 1.17. The van der Waals surface area contributed by atoms with Crippen LogP contribution in [0.4, 0.5) is 0 Å². The van der Waals surface area contributed by atoms with Crippen molar-refractivity contribution in [2.75, 3.05) is 6.61 Å². The summed E-state index contributed by atoms with van der Waals surface area (Å²) in [4.78, 5) is 1.47. The maximum Gasteiger partial charge on any atom is 0.204 e. The highest BCUT2D eigenvalue weighted by Gasteiger charge is 2.17. The summed E-state index contributed by atoms with van der Waals surface area (Å²) in [6, 6.07) is 10.8. The Morgan fingerprint density at radius 3 is 2.65 bits per heavy atom. The molecule has 0 amide bonds. The van der Waals surface area contributed by atoms with E-state index in [0.717, 1.165) is 22.4 Å². The van der Waals surface area contributed by atoms with Crippen molar-refractivity contribution in [3.05, 3.63) is 80.3 Å². The van der Waals surface area contributed by atoms with Gasteiger partial charge in [0.25, 0.3) is 0 Å². The highest BCUT2D eigenvalue weighted by Crippen LogP contribution is 2.31. The van der Waals surface area contributed by atoms with Gasteiger partial charge < -0.3 is 4.74 Å². The molecule has 0 radical (unpaired) electrons. The summed E-state index contributed by atoms with van der Waals surface area (Å²) in [7, 11) is 0. The SMILES string of the molecule is Clc1ccc(Cn2cc(Cn3nnc(C4=Cc5cc(Cl)ccc5OC4)n3)nn2)c(Cl)c1. The summed E-state index contributed by atoms with van der Waals surface area (Å²) in [5.41, 5.74) is 3.30. The molecule has 11 heteroatoms. The van der Waals surface area contributed by atoms with Crippen LogP contribution in [-0.2, 0) is 13.1 Å². The first-order valence-electron chi connectivity index (χ1n) is 9.27. The van der Waals surface area contributed by atoms with E-state index < -0.39 is 0 Å². The molecule has 5 rings (SSSR count). The van der Waals surface area contributed by atoms with Crippen molar-refractivity contribution >= 4 is 46.5 Å². The fraction of sp³-hybridized carbons (Fsp3) is 0.150. The Hall–Kier alpha value is -2.94. The minimum atomic E-state index is 0.331. The van der Waals surface area contributed by atoms with E-state index in [1.807, 2.05) is 30.5 Å². The summed E-state index contributed by atoms with van der Waals surface area (Å²) in [5.74, 6) is 1.27. The molecule has 2 aromatic heterocycles. The van der Waals surface area contributed by atoms with Gasteiger partial charge in [0, 0.05) is 26.2 Å². The highest BCUT2D eigenvalue weighted by atomic mass is 35.5. The molecule has 0 spiro atoms. The Balaban J connectivity index is 1.29. The first kappa shape index (κ1) is 20.0. The second-order valence-corrected chi connectivity index (χ2v) is 8.21. The van der Waals surface area contributed by atoms with E-state index >= 15 is 0 Å². The first-order chi connectivity index (χ1) is 15.0. The lowest BCUT2D eigenvalue weighted by molar-refractivity contribution is 0.365. The predicted octanol–water partition coefficient (Wildman–Crippen LogP) is 4.25. The first-order valence-corrected chi connectivity index (χ1v) is 10.4. The van der Waals surface area contributed by atoms with Gasteiger partial charge in [0.2, 0.25) is 5.82 Å². The van der Waals surface area contributed by atoms with Crippen LogP contribution in [0.25, 0.3) is 11.6 Å². The third-order valence-corrected chi connectivity index (χ3v) is 5.48. The topological polar surface area (TPSA) is 83.5 Å². The molecule has 1 aliphatic rings. The number of benzene rings is 2. The average molecular weight is 475 g/mol. The van der Waals surface area contributed by atoms with Gasteiger partial charge in [-0.3, -0.25) is 0 Å². The molecule has 0 saturated carbocycles. The number of hydrogen-bond acceptors (Lipinski definition) is 6. The molecule has 0 bridgehead atoms. The van der Waals surface area contributed by atoms with Gasteiger partial charge in [-0.05, 0) is 47.2 Å². The van der Waals surface area contributed by atoms with Crippen molar-refractivity contribution in [1.29, 1.82) is 0 Å². The lowest BCUT2D eigenvalue weighted by atomic mass is 10.1. The summed E-state index contributed by atoms with van der Waals surface area (Å²) in [6.07, 6.45) is 3.77. The van der Waals surface area contributed by atoms with Gasteiger partial charge in [0.15, 0.2) is 0 Å². The summed E-state index contributed by atoms with van der Waals surface area (Å²) in [5, 5.41) is 22.8. The number of fused-ring (bicyclic) bond motifs is 1. The third kappa shape index (κ3) is 4.41. The van der Waals surface area contributed by atoms with Crippen LogP contribution in [0.3, 0.4) is 0 Å². The standard InChI is InChI=1S/C20H14Cl3N7O/c21-15-3-4-19-13(6-15)5-14(11-31-19)20-25-28-30(26-20)10-17-9-29(27-24-17)8-12-1-2-16(22)7-18(12)23/h1-7,9H,8,10-11H2. The molecule has 2 aromatic carbocycles. The maximum absolute atomic E-state index is 6.23. The van der Waals surface area contributed by atoms with Crippen LogP contribution in [0.1, 0.15) is 22.6 Å². The average Bonchev–Trinajstić information content (AvgIpc) is 3.39. The minimum Gasteiger partial charge on any atom is -0.488 e. The molecule has 0 unspecified atom stereocenters. The van der Waals surface area contributed by atoms with Crippen LogP contribution in [0.2, 0.25) is 15.1 Å². The normalized spacial score (nSPS) is 12.9. The van der Waals surface area contributed by atoms with E-state index in [4.69, 9.17) is 39.5 Å². The van der Waals surface area contributed by atoms with Crippen molar-refractivity contribution in [2.24, 2.45) is 0 Å². The number of tetrazole rings is 1. The van der Waals surface area contributed by atoms with Crippen molar-refractivity contribution < 1.29 is 4.74 Å². The molecule has 4 aromatic rings. The van der Waals surface area contributed by atoms with Crippen molar-refractivity contribution in [1.82, 2.24) is 35.2 Å². The quantitative estimate of drug-likeness (QED) is 0.430. The second-order valence-electron chi connectivity index (χ2n) is 6.93. The lowest BCUT2D eigenvalue weighted by Crippen LogP contribution is -2.08. The molecule has 156 valence electrons. The van der Waals surface area contributed by atoms with Crippen LogP contribution >= 0.6 is 34.8 Å².